The fraction of sp³-hybridized carbons (Fsp3) is 0.350. The topological polar surface area (TPSA) is 32.8 Å². The first kappa shape index (κ1) is 16.5. The lowest BCUT2D eigenvalue weighted by Gasteiger charge is -2.37. The van der Waals surface area contributed by atoms with Gasteiger partial charge in [-0.25, -0.2) is 0 Å². The molecule has 1 heterocycles. The summed E-state index contributed by atoms with van der Waals surface area (Å²) in [5.74, 6) is 0.881. The van der Waals surface area contributed by atoms with Gasteiger partial charge in [0.05, 0.1) is 13.5 Å². The number of rotatable bonds is 4. The molecule has 0 saturated carbocycles. The van der Waals surface area contributed by atoms with Gasteiger partial charge in [-0.3, -0.25) is 4.79 Å². The molecule has 126 valence electrons. The van der Waals surface area contributed by atoms with Gasteiger partial charge in [-0.05, 0) is 38.2 Å². The maximum atomic E-state index is 12.9. The molecule has 0 spiro atoms. The monoisotopic (exact) mass is 324 g/mol. The second-order valence-electron chi connectivity index (χ2n) is 6.36. The molecule has 1 aliphatic heterocycles. The zero-order valence-corrected chi connectivity index (χ0v) is 14.5. The Hall–Kier alpha value is -2.33. The van der Waals surface area contributed by atoms with E-state index in [1.54, 1.807) is 7.11 Å². The lowest BCUT2D eigenvalue weighted by molar-refractivity contribution is -0.118. The molecular formula is C20H24N2O2. The molecule has 24 heavy (non-hydrogen) atoms. The number of fused-ring (bicyclic) bond motifs is 1. The summed E-state index contributed by atoms with van der Waals surface area (Å²) < 4.78 is 5.37. The Balaban J connectivity index is 1.87. The molecule has 4 heteroatoms. The molecule has 0 saturated heterocycles. The molecule has 0 bridgehead atoms. The predicted molar refractivity (Wildman–Crippen MR) is 96.5 cm³/mol. The average Bonchev–Trinajstić information content (AvgIpc) is 2.61. The van der Waals surface area contributed by atoms with Crippen molar-refractivity contribution in [2.45, 2.75) is 18.9 Å². The molecule has 0 fully saturated rings. The predicted octanol–water partition coefficient (Wildman–Crippen LogP) is 3.28. The zero-order valence-electron chi connectivity index (χ0n) is 14.5. The van der Waals surface area contributed by atoms with Crippen molar-refractivity contribution >= 4 is 11.6 Å². The number of para-hydroxylation sites is 2. The Kier molecular flexibility index (Phi) is 4.86. The van der Waals surface area contributed by atoms with Crippen molar-refractivity contribution in [3.05, 3.63) is 59.7 Å². The number of carbonyl (C=O) groups is 1. The highest BCUT2D eigenvalue weighted by molar-refractivity contribution is 5.96. The Bertz CT molecular complexity index is 727. The Morgan fingerprint density at radius 1 is 1.17 bits per heavy atom. The standard InChI is InChI=1S/C20H24N2O2/c1-21(2)17-12-13-22(18-10-6-5-9-16(17)18)20(23)14-15-8-4-7-11-19(15)24-3/h4-11,17H,12-14H2,1-3H3. The number of nitrogens with zero attached hydrogens (tertiary/aromatic N) is 2. The number of anilines is 1. The molecule has 1 atom stereocenters. The highest BCUT2D eigenvalue weighted by Crippen LogP contribution is 2.36. The van der Waals surface area contributed by atoms with Crippen LogP contribution >= 0.6 is 0 Å². The van der Waals surface area contributed by atoms with Gasteiger partial charge in [-0.15, -0.1) is 0 Å². The summed E-state index contributed by atoms with van der Waals surface area (Å²) in [6.45, 7) is 0.744. The Labute approximate surface area is 143 Å². The summed E-state index contributed by atoms with van der Waals surface area (Å²) in [6.07, 6.45) is 1.30. The lowest BCUT2D eigenvalue weighted by atomic mass is 9.95. The van der Waals surface area contributed by atoms with Crippen molar-refractivity contribution < 1.29 is 9.53 Å². The van der Waals surface area contributed by atoms with Crippen molar-refractivity contribution in [3.8, 4) is 5.75 Å². The minimum atomic E-state index is 0.115. The van der Waals surface area contributed by atoms with Crippen molar-refractivity contribution in [1.29, 1.82) is 0 Å². The van der Waals surface area contributed by atoms with Crippen molar-refractivity contribution in [2.75, 3.05) is 32.6 Å². The summed E-state index contributed by atoms with van der Waals surface area (Å²) in [7, 11) is 5.82. The summed E-state index contributed by atoms with van der Waals surface area (Å²) in [4.78, 5) is 17.1. The summed E-state index contributed by atoms with van der Waals surface area (Å²) in [6, 6.07) is 16.3. The third-order valence-corrected chi connectivity index (χ3v) is 4.67. The second kappa shape index (κ2) is 7.05. The van der Waals surface area contributed by atoms with E-state index in [0.29, 0.717) is 12.5 Å². The van der Waals surface area contributed by atoms with Gasteiger partial charge in [0.2, 0.25) is 5.91 Å². The van der Waals surface area contributed by atoms with E-state index in [2.05, 4.69) is 25.1 Å². The van der Waals surface area contributed by atoms with Gasteiger partial charge >= 0.3 is 0 Å². The highest BCUT2D eigenvalue weighted by atomic mass is 16.5. The lowest BCUT2D eigenvalue weighted by Crippen LogP contribution is -2.40. The SMILES string of the molecule is COc1ccccc1CC(=O)N1CCC(N(C)C)c2ccccc21. The van der Waals surface area contributed by atoms with Crippen LogP contribution in [0.1, 0.15) is 23.6 Å². The highest BCUT2D eigenvalue weighted by Gasteiger charge is 2.29. The van der Waals surface area contributed by atoms with Crippen LogP contribution in [0.25, 0.3) is 0 Å². The first-order valence-corrected chi connectivity index (χ1v) is 8.29. The van der Waals surface area contributed by atoms with E-state index in [1.165, 1.54) is 5.56 Å². The average molecular weight is 324 g/mol. The smallest absolute Gasteiger partial charge is 0.231 e. The van der Waals surface area contributed by atoms with Crippen LogP contribution in [0.15, 0.2) is 48.5 Å². The van der Waals surface area contributed by atoms with E-state index in [9.17, 15) is 4.79 Å². The molecule has 1 unspecified atom stereocenters. The number of hydrogen-bond donors (Lipinski definition) is 0. The Morgan fingerprint density at radius 3 is 2.62 bits per heavy atom. The molecule has 0 aliphatic carbocycles. The molecule has 2 aromatic rings. The molecule has 2 aromatic carbocycles. The summed E-state index contributed by atoms with van der Waals surface area (Å²) >= 11 is 0. The third kappa shape index (κ3) is 3.15. The molecule has 3 rings (SSSR count). The van der Waals surface area contributed by atoms with Crippen LogP contribution < -0.4 is 9.64 Å². The van der Waals surface area contributed by atoms with Gasteiger partial charge in [-0.2, -0.15) is 0 Å². The number of amides is 1. The minimum absolute atomic E-state index is 0.115. The van der Waals surface area contributed by atoms with Crippen LogP contribution in [-0.4, -0.2) is 38.6 Å². The van der Waals surface area contributed by atoms with Crippen LogP contribution in [0.5, 0.6) is 5.75 Å². The van der Waals surface area contributed by atoms with E-state index in [4.69, 9.17) is 4.74 Å². The number of ether oxygens (including phenoxy) is 1. The van der Waals surface area contributed by atoms with Gasteiger partial charge < -0.3 is 14.5 Å². The van der Waals surface area contributed by atoms with E-state index in [1.807, 2.05) is 47.4 Å². The maximum Gasteiger partial charge on any atom is 0.231 e. The van der Waals surface area contributed by atoms with Crippen LogP contribution in [-0.2, 0) is 11.2 Å². The number of carbonyl (C=O) groups excluding carboxylic acids is 1. The van der Waals surface area contributed by atoms with Crippen molar-refractivity contribution in [1.82, 2.24) is 4.90 Å². The van der Waals surface area contributed by atoms with Gasteiger partial charge in [0.1, 0.15) is 5.75 Å². The summed E-state index contributed by atoms with van der Waals surface area (Å²) in [5, 5.41) is 0. The van der Waals surface area contributed by atoms with Gasteiger partial charge in [0, 0.05) is 23.8 Å². The second-order valence-corrected chi connectivity index (χ2v) is 6.36. The number of benzene rings is 2. The van der Waals surface area contributed by atoms with E-state index < -0.39 is 0 Å². The van der Waals surface area contributed by atoms with Gasteiger partial charge in [0.15, 0.2) is 0 Å². The minimum Gasteiger partial charge on any atom is -0.496 e. The molecule has 4 nitrogen and oxygen atoms in total. The molecule has 0 N–H and O–H groups in total. The number of methoxy groups -OCH3 is 1. The van der Waals surface area contributed by atoms with Crippen molar-refractivity contribution in [3.63, 3.8) is 0 Å². The molecule has 0 aromatic heterocycles. The molecule has 1 aliphatic rings. The van der Waals surface area contributed by atoms with Crippen LogP contribution in [0, 0.1) is 0 Å². The van der Waals surface area contributed by atoms with E-state index in [-0.39, 0.29) is 5.91 Å². The van der Waals surface area contributed by atoms with Gasteiger partial charge in [-0.1, -0.05) is 36.4 Å². The quantitative estimate of drug-likeness (QED) is 0.865. The Morgan fingerprint density at radius 2 is 1.88 bits per heavy atom. The van der Waals surface area contributed by atoms with Crippen molar-refractivity contribution in [2.24, 2.45) is 0 Å². The largest absolute Gasteiger partial charge is 0.496 e. The third-order valence-electron chi connectivity index (χ3n) is 4.67. The van der Waals surface area contributed by atoms with Crippen LogP contribution in [0.3, 0.4) is 0 Å². The summed E-state index contributed by atoms with van der Waals surface area (Å²) in [5.41, 5.74) is 3.18. The fourth-order valence-corrected chi connectivity index (χ4v) is 3.45. The van der Waals surface area contributed by atoms with Crippen LogP contribution in [0.4, 0.5) is 5.69 Å². The molecule has 0 radical (unpaired) electrons. The van der Waals surface area contributed by atoms with Gasteiger partial charge in [0.25, 0.3) is 0 Å². The zero-order chi connectivity index (χ0) is 17.1. The normalized spacial score (nSPS) is 16.8. The maximum absolute atomic E-state index is 12.9. The van der Waals surface area contributed by atoms with Crippen LogP contribution in [0.2, 0.25) is 0 Å². The molecular weight excluding hydrogens is 300 g/mol. The first-order valence-electron chi connectivity index (χ1n) is 8.29. The van der Waals surface area contributed by atoms with E-state index >= 15 is 0 Å². The fourth-order valence-electron chi connectivity index (χ4n) is 3.45. The first-order chi connectivity index (χ1) is 11.6. The van der Waals surface area contributed by atoms with E-state index in [0.717, 1.165) is 30.0 Å². The number of hydrogen-bond acceptors (Lipinski definition) is 3. The molecule has 1 amide bonds.